The van der Waals surface area contributed by atoms with Crippen molar-refractivity contribution in [3.63, 3.8) is 0 Å². The first kappa shape index (κ1) is 11.6. The van der Waals surface area contributed by atoms with Gasteiger partial charge in [0.15, 0.2) is 0 Å². The summed E-state index contributed by atoms with van der Waals surface area (Å²) in [5.41, 5.74) is 8.01. The van der Waals surface area contributed by atoms with E-state index in [1.807, 2.05) is 6.20 Å². The van der Waals surface area contributed by atoms with Crippen LogP contribution in [0.1, 0.15) is 5.69 Å². The molecule has 12 heavy (non-hydrogen) atoms. The minimum atomic E-state index is 0. The fraction of sp³-hybridized carbons (Fsp3) is 0.200. The number of hydrogen-bond acceptors (Lipinski definition) is 4. The zero-order valence-electron chi connectivity index (χ0n) is 6.01. The number of halogens is 2. The predicted octanol–water partition coefficient (Wildman–Crippen LogP) is 1.09. The van der Waals surface area contributed by atoms with Gasteiger partial charge >= 0.3 is 0 Å². The summed E-state index contributed by atoms with van der Waals surface area (Å²) in [6.45, 7) is 0.482. The Balaban J connectivity index is 0.000000605. The van der Waals surface area contributed by atoms with Gasteiger partial charge in [-0.05, 0) is 0 Å². The Hall–Kier alpha value is -0.360. The van der Waals surface area contributed by atoms with E-state index in [-0.39, 0.29) is 24.8 Å². The Kier molecular flexibility index (Phi) is 4.47. The lowest BCUT2D eigenvalue weighted by Crippen LogP contribution is -1.95. The summed E-state index contributed by atoms with van der Waals surface area (Å²) in [5, 5.41) is 4.00. The van der Waals surface area contributed by atoms with Crippen molar-refractivity contribution in [3.8, 4) is 0 Å². The molecule has 0 aliphatic carbocycles. The molecule has 0 aliphatic rings. The normalized spacial score (nSPS) is 9.08. The van der Waals surface area contributed by atoms with Crippen molar-refractivity contribution in [2.45, 2.75) is 6.54 Å². The average Bonchev–Trinajstić information content (AvgIpc) is 2.42. The standard InChI is InChI=1S/C5H6N4S.2ClH/c6-1-4-2-9-5(8-4)10-3-7-9;;/h2-3H,1,6H2;2*1H. The fourth-order valence-corrected chi connectivity index (χ4v) is 1.40. The highest BCUT2D eigenvalue weighted by Crippen LogP contribution is 2.07. The molecule has 7 heteroatoms. The molecule has 2 N–H and O–H groups in total. The SMILES string of the molecule is Cl.Cl.NCc1cn2ncsc2n1. The molecule has 2 rings (SSSR count). The number of aromatic nitrogens is 3. The van der Waals surface area contributed by atoms with Gasteiger partial charge in [-0.15, -0.1) is 24.8 Å². The monoisotopic (exact) mass is 226 g/mol. The molecule has 0 bridgehead atoms. The lowest BCUT2D eigenvalue weighted by Gasteiger charge is -1.79. The van der Waals surface area contributed by atoms with Crippen molar-refractivity contribution >= 4 is 41.1 Å². The summed E-state index contributed by atoms with van der Waals surface area (Å²) < 4.78 is 1.73. The molecule has 0 unspecified atom stereocenters. The second-order valence-corrected chi connectivity index (χ2v) is 2.71. The first-order valence-electron chi connectivity index (χ1n) is 2.88. The largest absolute Gasteiger partial charge is 0.325 e. The number of nitrogens with zero attached hydrogens (tertiary/aromatic N) is 3. The van der Waals surface area contributed by atoms with E-state index in [1.54, 1.807) is 10.0 Å². The van der Waals surface area contributed by atoms with Crippen LogP contribution in [-0.2, 0) is 6.54 Å². The molecular weight excluding hydrogens is 219 g/mol. The molecule has 0 saturated carbocycles. The first-order chi connectivity index (χ1) is 4.90. The zero-order chi connectivity index (χ0) is 6.97. The van der Waals surface area contributed by atoms with Gasteiger partial charge < -0.3 is 5.73 Å². The Bertz CT molecular complexity index is 315. The maximum Gasteiger partial charge on any atom is 0.212 e. The molecule has 68 valence electrons. The highest BCUT2D eigenvalue weighted by Gasteiger charge is 1.99. The highest BCUT2D eigenvalue weighted by molar-refractivity contribution is 7.14. The molecule has 0 atom stereocenters. The van der Waals surface area contributed by atoms with Crippen molar-refractivity contribution in [1.82, 2.24) is 14.6 Å². The van der Waals surface area contributed by atoms with Crippen molar-refractivity contribution in [2.24, 2.45) is 5.73 Å². The Labute approximate surface area is 85.6 Å². The van der Waals surface area contributed by atoms with Crippen LogP contribution in [0.25, 0.3) is 4.96 Å². The molecule has 2 heterocycles. The Morgan fingerprint density at radius 2 is 2.25 bits per heavy atom. The van der Waals surface area contributed by atoms with Gasteiger partial charge in [0.2, 0.25) is 4.96 Å². The van der Waals surface area contributed by atoms with E-state index < -0.39 is 0 Å². The van der Waals surface area contributed by atoms with Crippen LogP contribution in [-0.4, -0.2) is 14.6 Å². The molecule has 2 aromatic heterocycles. The van der Waals surface area contributed by atoms with Gasteiger partial charge in [-0.25, -0.2) is 9.50 Å². The quantitative estimate of drug-likeness (QED) is 0.793. The van der Waals surface area contributed by atoms with Crippen LogP contribution in [0, 0.1) is 0 Å². The van der Waals surface area contributed by atoms with Gasteiger partial charge in [0.05, 0.1) is 11.9 Å². The number of imidazole rings is 1. The van der Waals surface area contributed by atoms with Gasteiger partial charge in [-0.3, -0.25) is 0 Å². The summed E-state index contributed by atoms with van der Waals surface area (Å²) in [6, 6.07) is 0. The minimum Gasteiger partial charge on any atom is -0.325 e. The summed E-state index contributed by atoms with van der Waals surface area (Å²) >= 11 is 1.51. The summed E-state index contributed by atoms with van der Waals surface area (Å²) in [4.78, 5) is 5.09. The molecule has 0 radical (unpaired) electrons. The summed E-state index contributed by atoms with van der Waals surface area (Å²) in [6.07, 6.45) is 1.84. The molecular formula is C5H8Cl2N4S. The molecule has 0 amide bonds. The predicted molar refractivity (Wildman–Crippen MR) is 53.3 cm³/mol. The Morgan fingerprint density at radius 1 is 1.50 bits per heavy atom. The molecule has 0 spiro atoms. The molecule has 0 saturated heterocycles. The third-order valence-electron chi connectivity index (χ3n) is 1.25. The van der Waals surface area contributed by atoms with Crippen LogP contribution in [0.3, 0.4) is 0 Å². The van der Waals surface area contributed by atoms with E-state index in [0.29, 0.717) is 6.54 Å². The second kappa shape index (κ2) is 4.61. The second-order valence-electron chi connectivity index (χ2n) is 1.90. The highest BCUT2D eigenvalue weighted by atomic mass is 35.5. The third-order valence-corrected chi connectivity index (χ3v) is 1.93. The number of fused-ring (bicyclic) bond motifs is 1. The lowest BCUT2D eigenvalue weighted by molar-refractivity contribution is 0.956. The van der Waals surface area contributed by atoms with E-state index in [4.69, 9.17) is 5.73 Å². The van der Waals surface area contributed by atoms with Crippen molar-refractivity contribution < 1.29 is 0 Å². The van der Waals surface area contributed by atoms with E-state index in [9.17, 15) is 0 Å². The van der Waals surface area contributed by atoms with Crippen LogP contribution in [0.2, 0.25) is 0 Å². The van der Waals surface area contributed by atoms with Crippen LogP contribution < -0.4 is 5.73 Å². The average molecular weight is 227 g/mol. The smallest absolute Gasteiger partial charge is 0.212 e. The van der Waals surface area contributed by atoms with E-state index in [1.165, 1.54) is 11.3 Å². The van der Waals surface area contributed by atoms with Gasteiger partial charge in [0.1, 0.15) is 5.51 Å². The maximum atomic E-state index is 5.37. The van der Waals surface area contributed by atoms with Crippen molar-refractivity contribution in [1.29, 1.82) is 0 Å². The molecule has 2 aromatic rings. The van der Waals surface area contributed by atoms with E-state index >= 15 is 0 Å². The Morgan fingerprint density at radius 3 is 2.83 bits per heavy atom. The minimum absolute atomic E-state index is 0. The van der Waals surface area contributed by atoms with Crippen molar-refractivity contribution in [2.75, 3.05) is 0 Å². The molecule has 0 aromatic carbocycles. The number of hydrogen-bond donors (Lipinski definition) is 1. The lowest BCUT2D eigenvalue weighted by atomic mass is 10.5. The van der Waals surface area contributed by atoms with Crippen LogP contribution in [0.15, 0.2) is 11.7 Å². The summed E-state index contributed by atoms with van der Waals surface area (Å²) in [7, 11) is 0. The molecule has 0 aliphatic heterocycles. The van der Waals surface area contributed by atoms with Crippen LogP contribution in [0.5, 0.6) is 0 Å². The van der Waals surface area contributed by atoms with E-state index in [2.05, 4.69) is 10.1 Å². The number of rotatable bonds is 1. The van der Waals surface area contributed by atoms with Crippen LogP contribution in [0.4, 0.5) is 0 Å². The third kappa shape index (κ3) is 1.87. The molecule has 4 nitrogen and oxygen atoms in total. The zero-order valence-corrected chi connectivity index (χ0v) is 8.46. The van der Waals surface area contributed by atoms with E-state index in [0.717, 1.165) is 10.7 Å². The van der Waals surface area contributed by atoms with Gasteiger partial charge in [-0.2, -0.15) is 5.10 Å². The molecule has 0 fully saturated rings. The van der Waals surface area contributed by atoms with Gasteiger partial charge in [0, 0.05) is 6.54 Å². The fourth-order valence-electron chi connectivity index (χ4n) is 0.782. The van der Waals surface area contributed by atoms with Crippen molar-refractivity contribution in [3.05, 3.63) is 17.4 Å². The first-order valence-corrected chi connectivity index (χ1v) is 3.76. The maximum absolute atomic E-state index is 5.37. The summed E-state index contributed by atoms with van der Waals surface area (Å²) in [5.74, 6) is 0. The number of nitrogens with two attached hydrogens (primary N) is 1. The topological polar surface area (TPSA) is 56.2 Å². The van der Waals surface area contributed by atoms with Gasteiger partial charge in [-0.1, -0.05) is 11.3 Å². The van der Waals surface area contributed by atoms with Crippen LogP contribution >= 0.6 is 36.2 Å². The van der Waals surface area contributed by atoms with Gasteiger partial charge in [0.25, 0.3) is 0 Å².